The highest BCUT2D eigenvalue weighted by molar-refractivity contribution is 5.43. The number of aromatic nitrogens is 2. The first-order valence-electron chi connectivity index (χ1n) is 6.45. The van der Waals surface area contributed by atoms with E-state index in [2.05, 4.69) is 5.10 Å². The van der Waals surface area contributed by atoms with Crippen LogP contribution >= 0.6 is 0 Å². The van der Waals surface area contributed by atoms with E-state index >= 15 is 0 Å². The predicted molar refractivity (Wildman–Crippen MR) is 78.0 cm³/mol. The molecule has 5 nitrogen and oxygen atoms in total. The van der Waals surface area contributed by atoms with Crippen molar-refractivity contribution in [3.8, 4) is 11.5 Å². The fourth-order valence-corrected chi connectivity index (χ4v) is 2.23. The molecule has 0 fully saturated rings. The van der Waals surface area contributed by atoms with Crippen LogP contribution < -0.4 is 15.2 Å². The molecule has 0 saturated carbocycles. The SMILES string of the molecule is COc1ccc(CC(C)(N)c2cnn(C)c2)cc1OC. The van der Waals surface area contributed by atoms with Gasteiger partial charge in [0.05, 0.1) is 20.4 Å². The number of rotatable bonds is 5. The van der Waals surface area contributed by atoms with E-state index in [0.29, 0.717) is 12.2 Å². The first kappa shape index (κ1) is 14.4. The minimum Gasteiger partial charge on any atom is -0.493 e. The predicted octanol–water partition coefficient (Wildman–Crippen LogP) is 1.85. The molecule has 0 saturated heterocycles. The van der Waals surface area contributed by atoms with Crippen molar-refractivity contribution in [2.24, 2.45) is 12.8 Å². The molecule has 0 spiro atoms. The van der Waals surface area contributed by atoms with Crippen LogP contribution in [0.4, 0.5) is 0 Å². The molecule has 1 atom stereocenters. The Bertz CT molecular complexity index is 591. The number of methoxy groups -OCH3 is 2. The summed E-state index contributed by atoms with van der Waals surface area (Å²) in [5, 5.41) is 4.18. The molecule has 20 heavy (non-hydrogen) atoms. The van der Waals surface area contributed by atoms with Gasteiger partial charge in [-0.05, 0) is 31.0 Å². The Balaban J connectivity index is 2.25. The van der Waals surface area contributed by atoms with Crippen LogP contribution in [0.3, 0.4) is 0 Å². The van der Waals surface area contributed by atoms with Crippen LogP contribution in [-0.4, -0.2) is 24.0 Å². The number of hydrogen-bond donors (Lipinski definition) is 1. The van der Waals surface area contributed by atoms with E-state index in [0.717, 1.165) is 16.9 Å². The van der Waals surface area contributed by atoms with Gasteiger partial charge in [0.25, 0.3) is 0 Å². The summed E-state index contributed by atoms with van der Waals surface area (Å²) in [7, 11) is 5.14. The van der Waals surface area contributed by atoms with E-state index in [4.69, 9.17) is 15.2 Å². The highest BCUT2D eigenvalue weighted by atomic mass is 16.5. The van der Waals surface area contributed by atoms with Crippen molar-refractivity contribution in [3.05, 3.63) is 41.7 Å². The van der Waals surface area contributed by atoms with Crippen molar-refractivity contribution in [2.75, 3.05) is 14.2 Å². The van der Waals surface area contributed by atoms with Crippen molar-refractivity contribution in [1.82, 2.24) is 9.78 Å². The molecule has 2 rings (SSSR count). The summed E-state index contributed by atoms with van der Waals surface area (Å²) >= 11 is 0. The lowest BCUT2D eigenvalue weighted by atomic mass is 9.88. The Hall–Kier alpha value is -2.01. The normalized spacial score (nSPS) is 13.8. The Labute approximate surface area is 119 Å². The van der Waals surface area contributed by atoms with Crippen LogP contribution in [0.1, 0.15) is 18.1 Å². The summed E-state index contributed by atoms with van der Waals surface area (Å²) in [6.45, 7) is 2.00. The van der Waals surface area contributed by atoms with Gasteiger partial charge in [-0.25, -0.2) is 0 Å². The van der Waals surface area contributed by atoms with Crippen LogP contribution in [0.5, 0.6) is 11.5 Å². The molecule has 2 N–H and O–H groups in total. The van der Waals surface area contributed by atoms with Crippen LogP contribution in [0.25, 0.3) is 0 Å². The van der Waals surface area contributed by atoms with E-state index in [-0.39, 0.29) is 0 Å². The third kappa shape index (κ3) is 2.93. The van der Waals surface area contributed by atoms with Crippen LogP contribution in [0, 0.1) is 0 Å². The second kappa shape index (κ2) is 5.54. The molecule has 0 bridgehead atoms. The summed E-state index contributed by atoms with van der Waals surface area (Å²) < 4.78 is 12.3. The number of ether oxygens (including phenoxy) is 2. The van der Waals surface area contributed by atoms with Gasteiger partial charge in [0.2, 0.25) is 0 Å². The maximum Gasteiger partial charge on any atom is 0.160 e. The number of nitrogens with zero attached hydrogens (tertiary/aromatic N) is 2. The third-order valence-electron chi connectivity index (χ3n) is 3.38. The van der Waals surface area contributed by atoms with E-state index in [1.54, 1.807) is 25.1 Å². The molecule has 1 unspecified atom stereocenters. The lowest BCUT2D eigenvalue weighted by Gasteiger charge is -2.23. The Morgan fingerprint density at radius 2 is 1.95 bits per heavy atom. The number of aryl methyl sites for hydroxylation is 1. The van der Waals surface area contributed by atoms with Gasteiger partial charge in [0, 0.05) is 24.3 Å². The van der Waals surface area contributed by atoms with Gasteiger partial charge in [-0.15, -0.1) is 0 Å². The summed E-state index contributed by atoms with van der Waals surface area (Å²) in [4.78, 5) is 0. The molecule has 1 aromatic carbocycles. The maximum absolute atomic E-state index is 6.42. The molecular weight excluding hydrogens is 254 g/mol. The first-order chi connectivity index (χ1) is 9.46. The molecule has 2 aromatic rings. The highest BCUT2D eigenvalue weighted by Gasteiger charge is 2.23. The topological polar surface area (TPSA) is 62.3 Å². The Kier molecular flexibility index (Phi) is 3.99. The minimum absolute atomic E-state index is 0.478. The summed E-state index contributed by atoms with van der Waals surface area (Å²) in [5.41, 5.74) is 8.04. The number of nitrogens with two attached hydrogens (primary N) is 1. The average molecular weight is 275 g/mol. The van der Waals surface area contributed by atoms with Gasteiger partial charge in [-0.1, -0.05) is 6.07 Å². The van der Waals surface area contributed by atoms with Gasteiger partial charge < -0.3 is 15.2 Å². The van der Waals surface area contributed by atoms with Crippen LogP contribution in [0.15, 0.2) is 30.6 Å². The first-order valence-corrected chi connectivity index (χ1v) is 6.45. The lowest BCUT2D eigenvalue weighted by Crippen LogP contribution is -2.35. The largest absolute Gasteiger partial charge is 0.493 e. The summed E-state index contributed by atoms with van der Waals surface area (Å²) in [5.74, 6) is 1.43. The molecule has 5 heteroatoms. The van der Waals surface area contributed by atoms with Gasteiger partial charge >= 0.3 is 0 Å². The van der Waals surface area contributed by atoms with Gasteiger partial charge in [-0.2, -0.15) is 5.10 Å². The van der Waals surface area contributed by atoms with Crippen molar-refractivity contribution < 1.29 is 9.47 Å². The molecule has 1 aromatic heterocycles. The van der Waals surface area contributed by atoms with Gasteiger partial charge in [-0.3, -0.25) is 4.68 Å². The number of hydrogen-bond acceptors (Lipinski definition) is 4. The monoisotopic (exact) mass is 275 g/mol. The van der Waals surface area contributed by atoms with Gasteiger partial charge in [0.1, 0.15) is 0 Å². The molecule has 0 amide bonds. The summed E-state index contributed by atoms with van der Waals surface area (Å²) in [6.07, 6.45) is 4.44. The zero-order valence-electron chi connectivity index (χ0n) is 12.4. The Morgan fingerprint density at radius 1 is 1.25 bits per heavy atom. The van der Waals surface area contributed by atoms with E-state index in [1.807, 2.05) is 38.4 Å². The minimum atomic E-state index is -0.478. The highest BCUT2D eigenvalue weighted by Crippen LogP contribution is 2.30. The maximum atomic E-state index is 6.42. The zero-order valence-corrected chi connectivity index (χ0v) is 12.4. The number of benzene rings is 1. The van der Waals surface area contributed by atoms with Crippen molar-refractivity contribution in [3.63, 3.8) is 0 Å². The van der Waals surface area contributed by atoms with E-state index < -0.39 is 5.54 Å². The van der Waals surface area contributed by atoms with Crippen LogP contribution in [0.2, 0.25) is 0 Å². The lowest BCUT2D eigenvalue weighted by molar-refractivity contribution is 0.354. The molecule has 0 aliphatic rings. The van der Waals surface area contributed by atoms with Crippen LogP contribution in [-0.2, 0) is 19.0 Å². The molecule has 1 heterocycles. The van der Waals surface area contributed by atoms with Crippen molar-refractivity contribution >= 4 is 0 Å². The average Bonchev–Trinajstić information content (AvgIpc) is 2.85. The third-order valence-corrected chi connectivity index (χ3v) is 3.38. The standard InChI is InChI=1S/C15H21N3O2/c1-15(16,12-9-17-18(2)10-12)8-11-5-6-13(19-3)14(7-11)20-4/h5-7,9-10H,8,16H2,1-4H3. The zero-order chi connectivity index (χ0) is 14.8. The van der Waals surface area contributed by atoms with Crippen molar-refractivity contribution in [1.29, 1.82) is 0 Å². The fraction of sp³-hybridized carbons (Fsp3) is 0.400. The second-order valence-corrected chi connectivity index (χ2v) is 5.19. The molecule has 0 aliphatic carbocycles. The van der Waals surface area contributed by atoms with E-state index in [1.165, 1.54) is 0 Å². The summed E-state index contributed by atoms with van der Waals surface area (Å²) in [6, 6.07) is 5.86. The van der Waals surface area contributed by atoms with E-state index in [9.17, 15) is 0 Å². The molecule has 0 radical (unpaired) electrons. The molecule has 108 valence electrons. The Morgan fingerprint density at radius 3 is 2.50 bits per heavy atom. The second-order valence-electron chi connectivity index (χ2n) is 5.19. The quantitative estimate of drug-likeness (QED) is 0.904. The fourth-order valence-electron chi connectivity index (χ4n) is 2.23. The van der Waals surface area contributed by atoms with Crippen molar-refractivity contribution in [2.45, 2.75) is 18.9 Å². The molecular formula is C15H21N3O2. The smallest absolute Gasteiger partial charge is 0.160 e. The molecule has 0 aliphatic heterocycles. The van der Waals surface area contributed by atoms with Gasteiger partial charge in [0.15, 0.2) is 11.5 Å².